The summed E-state index contributed by atoms with van der Waals surface area (Å²) in [7, 11) is -2.15. The van der Waals surface area contributed by atoms with Gasteiger partial charge >= 0.3 is 5.97 Å². The molecule has 0 aromatic carbocycles. The Bertz CT molecular complexity index is 949. The predicted octanol–water partition coefficient (Wildman–Crippen LogP) is 3.24. The number of carbonyl (C=O) groups excluding carboxylic acids is 1. The van der Waals surface area contributed by atoms with Gasteiger partial charge in [0.05, 0.1) is 38.0 Å². The number of esters is 1. The van der Waals surface area contributed by atoms with E-state index in [0.29, 0.717) is 23.8 Å². The molecule has 3 rings (SSSR count). The number of fused-ring (bicyclic) bond motifs is 1. The van der Waals surface area contributed by atoms with Crippen molar-refractivity contribution in [3.63, 3.8) is 0 Å². The molecule has 0 saturated carbocycles. The third kappa shape index (κ3) is 5.27. The van der Waals surface area contributed by atoms with Gasteiger partial charge in [0.15, 0.2) is 18.0 Å². The maximum absolute atomic E-state index is 11.8. The van der Waals surface area contributed by atoms with Crippen LogP contribution in [0.3, 0.4) is 0 Å². The molecule has 0 N–H and O–H groups in total. The molecule has 3 heterocycles. The summed E-state index contributed by atoms with van der Waals surface area (Å²) in [5.74, 6) is -0.608. The maximum atomic E-state index is 11.8. The quantitative estimate of drug-likeness (QED) is 0.202. The molecule has 160 valence electrons. The first-order valence-electron chi connectivity index (χ1n) is 9.07. The maximum Gasteiger partial charge on any atom is 0.303 e. The average Bonchev–Trinajstić information content (AvgIpc) is 3.13. The minimum Gasteiger partial charge on any atom is -0.457 e. The van der Waals surface area contributed by atoms with E-state index in [2.05, 4.69) is 15.1 Å². The fraction of sp³-hybridized carbons (Fsp3) is 0.647. The van der Waals surface area contributed by atoms with E-state index < -0.39 is 25.4 Å². The van der Waals surface area contributed by atoms with Gasteiger partial charge in [0, 0.05) is 19.0 Å². The standard InChI is InChI=1S/C17H23Cl2N4O5P/c1-9-12(8-26-5-6-29(3,4)25)28-16(13(9)27-10(2)24)23-15-11(7-20-23)14(18)21-17(19)22-15/h7,9,12-13,16H,5-6,8H2,1-4H3/t9-,12-,13-,16-/m1/s1. The van der Waals surface area contributed by atoms with Crippen LogP contribution >= 0.6 is 30.3 Å². The van der Waals surface area contributed by atoms with Gasteiger partial charge in [0.25, 0.3) is 0 Å². The van der Waals surface area contributed by atoms with E-state index >= 15 is 0 Å². The van der Waals surface area contributed by atoms with Crippen LogP contribution in [0.2, 0.25) is 10.4 Å². The largest absolute Gasteiger partial charge is 0.457 e. The summed E-state index contributed by atoms with van der Waals surface area (Å²) in [5.41, 5.74) is 0.379. The number of halogens is 2. The van der Waals surface area contributed by atoms with Gasteiger partial charge in [-0.2, -0.15) is 10.1 Å². The average molecular weight is 465 g/mol. The number of ether oxygens (including phenoxy) is 3. The van der Waals surface area contributed by atoms with E-state index in [1.54, 1.807) is 13.3 Å². The molecular weight excluding hydrogens is 442 g/mol. The summed E-state index contributed by atoms with van der Waals surface area (Å²) in [6.45, 7) is 7.32. The SMILES string of the molecule is CC(=O)O[C@@H]1[C@H](C)[C@@H](COCCP(C)(C)=O)O[C@H]1n1ncc2c(Cl)nc(Cl)nc21. The Kier molecular flexibility index (Phi) is 6.85. The first-order valence-corrected chi connectivity index (χ1v) is 12.6. The Balaban J connectivity index is 1.83. The predicted molar refractivity (Wildman–Crippen MR) is 109 cm³/mol. The first kappa shape index (κ1) is 22.4. The molecule has 2 aromatic heterocycles. The van der Waals surface area contributed by atoms with E-state index in [4.69, 9.17) is 37.4 Å². The van der Waals surface area contributed by atoms with E-state index in [9.17, 15) is 9.36 Å². The molecular formula is C17H23Cl2N4O5P. The van der Waals surface area contributed by atoms with Crippen molar-refractivity contribution in [1.82, 2.24) is 19.7 Å². The van der Waals surface area contributed by atoms with Crippen LogP contribution in [-0.4, -0.2) is 70.6 Å². The highest BCUT2D eigenvalue weighted by atomic mass is 35.5. The van der Waals surface area contributed by atoms with Crippen LogP contribution in [0.4, 0.5) is 0 Å². The molecule has 0 spiro atoms. The highest BCUT2D eigenvalue weighted by Crippen LogP contribution is 2.38. The molecule has 29 heavy (non-hydrogen) atoms. The van der Waals surface area contributed by atoms with Crippen LogP contribution in [0.15, 0.2) is 6.20 Å². The molecule has 9 nitrogen and oxygen atoms in total. The summed E-state index contributed by atoms with van der Waals surface area (Å²) in [6, 6.07) is 0. The van der Waals surface area contributed by atoms with Gasteiger partial charge in [0.1, 0.15) is 5.15 Å². The van der Waals surface area contributed by atoms with Crippen LogP contribution in [0, 0.1) is 5.92 Å². The Morgan fingerprint density at radius 1 is 1.34 bits per heavy atom. The van der Waals surface area contributed by atoms with E-state index in [0.717, 1.165) is 0 Å². The van der Waals surface area contributed by atoms with Crippen molar-refractivity contribution >= 4 is 47.3 Å². The van der Waals surface area contributed by atoms with Crippen LogP contribution < -0.4 is 0 Å². The van der Waals surface area contributed by atoms with Gasteiger partial charge < -0.3 is 18.8 Å². The molecule has 0 amide bonds. The number of rotatable bonds is 7. The smallest absolute Gasteiger partial charge is 0.303 e. The molecule has 4 atom stereocenters. The Morgan fingerprint density at radius 2 is 2.07 bits per heavy atom. The van der Waals surface area contributed by atoms with Gasteiger partial charge in [0.2, 0.25) is 5.28 Å². The van der Waals surface area contributed by atoms with E-state index in [1.807, 2.05) is 6.92 Å². The zero-order chi connectivity index (χ0) is 21.3. The number of hydrogen-bond donors (Lipinski definition) is 0. The molecule has 1 aliphatic heterocycles. The van der Waals surface area contributed by atoms with Gasteiger partial charge in [-0.1, -0.05) is 18.5 Å². The zero-order valence-electron chi connectivity index (χ0n) is 16.5. The fourth-order valence-electron chi connectivity index (χ4n) is 3.13. The van der Waals surface area contributed by atoms with Crippen molar-refractivity contribution in [3.8, 4) is 0 Å². The third-order valence-corrected chi connectivity index (χ3v) is 6.40. The topological polar surface area (TPSA) is 105 Å². The molecule has 1 aliphatic rings. The van der Waals surface area contributed by atoms with Crippen LogP contribution in [0.25, 0.3) is 11.0 Å². The molecule has 0 bridgehead atoms. The van der Waals surface area contributed by atoms with Gasteiger partial charge in [-0.25, -0.2) is 9.67 Å². The molecule has 1 fully saturated rings. The lowest BCUT2D eigenvalue weighted by Crippen LogP contribution is -2.31. The Labute approximate surface area is 178 Å². The van der Waals surface area contributed by atoms with Crippen LogP contribution in [-0.2, 0) is 23.6 Å². The second-order valence-corrected chi connectivity index (χ2v) is 11.8. The van der Waals surface area contributed by atoms with E-state index in [-0.39, 0.29) is 29.1 Å². The lowest BCUT2D eigenvalue weighted by atomic mass is 10.0. The van der Waals surface area contributed by atoms with Crippen molar-refractivity contribution in [2.24, 2.45) is 5.92 Å². The van der Waals surface area contributed by atoms with Crippen molar-refractivity contribution in [1.29, 1.82) is 0 Å². The second-order valence-electron chi connectivity index (χ2n) is 7.48. The molecule has 12 heteroatoms. The fourth-order valence-corrected chi connectivity index (χ4v) is 4.12. The van der Waals surface area contributed by atoms with Crippen LogP contribution in [0.1, 0.15) is 20.1 Å². The monoisotopic (exact) mass is 464 g/mol. The molecule has 0 radical (unpaired) electrons. The summed E-state index contributed by atoms with van der Waals surface area (Å²) >= 11 is 12.1. The minimum atomic E-state index is -2.15. The van der Waals surface area contributed by atoms with Crippen molar-refractivity contribution in [2.45, 2.75) is 32.3 Å². The number of carbonyl (C=O) groups is 1. The lowest BCUT2D eigenvalue weighted by molar-refractivity contribution is -0.154. The highest BCUT2D eigenvalue weighted by molar-refractivity contribution is 7.62. The lowest BCUT2D eigenvalue weighted by Gasteiger charge is -2.21. The molecule has 1 saturated heterocycles. The summed E-state index contributed by atoms with van der Waals surface area (Å²) in [6.07, 6.45) is 0.300. The first-order chi connectivity index (χ1) is 13.6. The molecule has 0 unspecified atom stereocenters. The Hall–Kier alpha value is -1.25. The van der Waals surface area contributed by atoms with E-state index in [1.165, 1.54) is 17.8 Å². The van der Waals surface area contributed by atoms with Crippen LogP contribution in [0.5, 0.6) is 0 Å². The Morgan fingerprint density at radius 3 is 2.72 bits per heavy atom. The third-order valence-electron chi connectivity index (χ3n) is 4.68. The molecule has 0 aliphatic carbocycles. The normalized spacial score (nSPS) is 24.9. The van der Waals surface area contributed by atoms with Crippen molar-refractivity contribution in [2.75, 3.05) is 32.7 Å². The summed E-state index contributed by atoms with van der Waals surface area (Å²) in [5, 5.41) is 4.97. The minimum absolute atomic E-state index is 0.0252. The number of hydrogen-bond acceptors (Lipinski definition) is 8. The second kappa shape index (κ2) is 8.86. The van der Waals surface area contributed by atoms with Gasteiger partial charge in [-0.15, -0.1) is 0 Å². The van der Waals surface area contributed by atoms with Crippen molar-refractivity contribution in [3.05, 3.63) is 16.6 Å². The summed E-state index contributed by atoms with van der Waals surface area (Å²) in [4.78, 5) is 19.8. The highest BCUT2D eigenvalue weighted by Gasteiger charge is 2.46. The van der Waals surface area contributed by atoms with Gasteiger partial charge in [-0.05, 0) is 24.9 Å². The number of aromatic nitrogens is 4. The van der Waals surface area contributed by atoms with Gasteiger partial charge in [-0.3, -0.25) is 4.79 Å². The zero-order valence-corrected chi connectivity index (χ0v) is 18.9. The molecule has 2 aromatic rings. The van der Waals surface area contributed by atoms with Crippen molar-refractivity contribution < 1.29 is 23.6 Å². The number of nitrogens with zero attached hydrogens (tertiary/aromatic N) is 4. The summed E-state index contributed by atoms with van der Waals surface area (Å²) < 4.78 is 30.6.